The number of anilines is 2. The van der Waals surface area contributed by atoms with Gasteiger partial charge >= 0.3 is 0 Å². The lowest BCUT2D eigenvalue weighted by Crippen LogP contribution is -2.39. The SMILES string of the molecule is C/C(=N/NC(=O)CN(c1ccc(C)cc1)S(=O)(=O)c1ccc(F)cc1)c1cccc(NC(=O)c2ccccc2)c1. The minimum Gasteiger partial charge on any atom is -0.322 e. The molecule has 40 heavy (non-hydrogen) atoms. The first-order chi connectivity index (χ1) is 19.1. The Morgan fingerprint density at radius 3 is 2.17 bits per heavy atom. The highest BCUT2D eigenvalue weighted by Gasteiger charge is 2.27. The van der Waals surface area contributed by atoms with Crippen molar-refractivity contribution in [3.63, 3.8) is 0 Å². The first kappa shape index (κ1) is 28.2. The number of amides is 2. The maximum Gasteiger partial charge on any atom is 0.264 e. The van der Waals surface area contributed by atoms with E-state index < -0.39 is 28.3 Å². The van der Waals surface area contributed by atoms with Crippen LogP contribution in [0.3, 0.4) is 0 Å². The molecule has 4 aromatic carbocycles. The van der Waals surface area contributed by atoms with Crippen molar-refractivity contribution in [1.82, 2.24) is 5.43 Å². The van der Waals surface area contributed by atoms with Gasteiger partial charge in [0.05, 0.1) is 16.3 Å². The molecule has 0 unspecified atom stereocenters. The summed E-state index contributed by atoms with van der Waals surface area (Å²) in [5.41, 5.74) is 5.72. The third-order valence-corrected chi connectivity index (χ3v) is 7.72. The lowest BCUT2D eigenvalue weighted by molar-refractivity contribution is -0.119. The van der Waals surface area contributed by atoms with Crippen LogP contribution in [0, 0.1) is 12.7 Å². The van der Waals surface area contributed by atoms with Crippen LogP contribution < -0.4 is 15.0 Å². The molecular formula is C30H27FN4O4S. The van der Waals surface area contributed by atoms with Gasteiger partial charge in [0, 0.05) is 11.3 Å². The molecule has 0 saturated carbocycles. The molecule has 0 aliphatic rings. The highest BCUT2D eigenvalue weighted by molar-refractivity contribution is 7.92. The maximum absolute atomic E-state index is 13.4. The van der Waals surface area contributed by atoms with Crippen molar-refractivity contribution in [1.29, 1.82) is 0 Å². The first-order valence-corrected chi connectivity index (χ1v) is 13.7. The van der Waals surface area contributed by atoms with E-state index in [9.17, 15) is 22.4 Å². The van der Waals surface area contributed by atoms with Crippen LogP contribution >= 0.6 is 0 Å². The van der Waals surface area contributed by atoms with Crippen molar-refractivity contribution < 1.29 is 22.4 Å². The van der Waals surface area contributed by atoms with E-state index in [1.54, 1.807) is 79.7 Å². The fraction of sp³-hybridized carbons (Fsp3) is 0.100. The van der Waals surface area contributed by atoms with Crippen LogP contribution in [0.1, 0.15) is 28.4 Å². The highest BCUT2D eigenvalue weighted by Crippen LogP contribution is 2.24. The highest BCUT2D eigenvalue weighted by atomic mass is 32.2. The molecule has 2 amide bonds. The van der Waals surface area contributed by atoms with E-state index >= 15 is 0 Å². The van der Waals surface area contributed by atoms with Crippen LogP contribution in [0.4, 0.5) is 15.8 Å². The van der Waals surface area contributed by atoms with Crippen molar-refractivity contribution in [2.75, 3.05) is 16.2 Å². The zero-order valence-corrected chi connectivity index (χ0v) is 22.7. The minimum absolute atomic E-state index is 0.156. The Morgan fingerprint density at radius 1 is 0.850 bits per heavy atom. The van der Waals surface area contributed by atoms with Crippen molar-refractivity contribution >= 4 is 38.9 Å². The molecule has 0 aliphatic carbocycles. The van der Waals surface area contributed by atoms with E-state index in [-0.39, 0.29) is 16.5 Å². The van der Waals surface area contributed by atoms with Gasteiger partial charge in [-0.25, -0.2) is 18.2 Å². The summed E-state index contributed by atoms with van der Waals surface area (Å²) >= 11 is 0. The Labute approximate surface area is 232 Å². The van der Waals surface area contributed by atoms with E-state index in [4.69, 9.17) is 0 Å². The van der Waals surface area contributed by atoms with E-state index in [2.05, 4.69) is 15.8 Å². The van der Waals surface area contributed by atoms with Crippen LogP contribution in [0.5, 0.6) is 0 Å². The third-order valence-electron chi connectivity index (χ3n) is 5.93. The molecule has 0 atom stereocenters. The number of hydrogen-bond donors (Lipinski definition) is 2. The molecule has 10 heteroatoms. The van der Waals surface area contributed by atoms with Gasteiger partial charge in [0.15, 0.2) is 0 Å². The predicted octanol–water partition coefficient (Wildman–Crippen LogP) is 5.12. The molecule has 0 saturated heterocycles. The average molecular weight is 559 g/mol. The number of nitrogens with one attached hydrogen (secondary N) is 2. The zero-order valence-electron chi connectivity index (χ0n) is 21.8. The molecular weight excluding hydrogens is 531 g/mol. The van der Waals surface area contributed by atoms with Gasteiger partial charge in [0.2, 0.25) is 0 Å². The van der Waals surface area contributed by atoms with Crippen molar-refractivity contribution in [2.45, 2.75) is 18.7 Å². The Bertz CT molecular complexity index is 1640. The summed E-state index contributed by atoms with van der Waals surface area (Å²) in [4.78, 5) is 25.2. The van der Waals surface area contributed by atoms with Gasteiger partial charge in [-0.05, 0) is 80.1 Å². The molecule has 4 aromatic rings. The Morgan fingerprint density at radius 2 is 1.50 bits per heavy atom. The Hall–Kier alpha value is -4.83. The van der Waals surface area contributed by atoms with Crippen LogP contribution in [-0.4, -0.2) is 32.5 Å². The molecule has 8 nitrogen and oxygen atoms in total. The first-order valence-electron chi connectivity index (χ1n) is 12.3. The molecule has 0 spiro atoms. The van der Waals surface area contributed by atoms with E-state index in [1.165, 1.54) is 0 Å². The van der Waals surface area contributed by atoms with Gasteiger partial charge in [-0.2, -0.15) is 5.10 Å². The molecule has 0 bridgehead atoms. The van der Waals surface area contributed by atoms with Gasteiger partial charge < -0.3 is 5.32 Å². The van der Waals surface area contributed by atoms with Gasteiger partial charge in [0.1, 0.15) is 12.4 Å². The average Bonchev–Trinajstić information content (AvgIpc) is 2.96. The van der Waals surface area contributed by atoms with Crippen LogP contribution in [0.15, 0.2) is 113 Å². The van der Waals surface area contributed by atoms with Crippen molar-refractivity contribution in [2.24, 2.45) is 5.10 Å². The van der Waals surface area contributed by atoms with Crippen molar-refractivity contribution in [3.8, 4) is 0 Å². The molecule has 0 aliphatic heterocycles. The number of rotatable bonds is 9. The molecule has 0 aromatic heterocycles. The van der Waals surface area contributed by atoms with Crippen LogP contribution in [-0.2, 0) is 14.8 Å². The molecule has 2 N–H and O–H groups in total. The minimum atomic E-state index is -4.19. The van der Waals surface area contributed by atoms with E-state index in [1.807, 2.05) is 13.0 Å². The fourth-order valence-corrected chi connectivity index (χ4v) is 5.17. The van der Waals surface area contributed by atoms with Gasteiger partial charge in [-0.1, -0.05) is 48.0 Å². The topological polar surface area (TPSA) is 108 Å². The van der Waals surface area contributed by atoms with Gasteiger partial charge in [0.25, 0.3) is 21.8 Å². The number of aryl methyl sites for hydroxylation is 1. The Kier molecular flexibility index (Phi) is 8.70. The van der Waals surface area contributed by atoms with E-state index in [0.29, 0.717) is 22.5 Å². The summed E-state index contributed by atoms with van der Waals surface area (Å²) in [5, 5.41) is 6.96. The predicted molar refractivity (Wildman–Crippen MR) is 153 cm³/mol. The second kappa shape index (κ2) is 12.4. The summed E-state index contributed by atoms with van der Waals surface area (Å²) in [7, 11) is -4.19. The zero-order chi connectivity index (χ0) is 28.7. The number of benzene rings is 4. The number of carbonyl (C=O) groups excluding carboxylic acids is 2. The van der Waals surface area contributed by atoms with Crippen LogP contribution in [0.2, 0.25) is 0 Å². The van der Waals surface area contributed by atoms with Crippen molar-refractivity contribution in [3.05, 3.63) is 126 Å². The smallest absolute Gasteiger partial charge is 0.264 e. The number of sulfonamides is 1. The lowest BCUT2D eigenvalue weighted by Gasteiger charge is -2.24. The number of halogens is 1. The molecule has 204 valence electrons. The largest absolute Gasteiger partial charge is 0.322 e. The van der Waals surface area contributed by atoms with Gasteiger partial charge in [-0.15, -0.1) is 0 Å². The van der Waals surface area contributed by atoms with E-state index in [0.717, 1.165) is 34.1 Å². The fourth-order valence-electron chi connectivity index (χ4n) is 3.75. The van der Waals surface area contributed by atoms with Crippen LogP contribution in [0.25, 0.3) is 0 Å². The summed E-state index contributed by atoms with van der Waals surface area (Å²) in [6.07, 6.45) is 0. The third kappa shape index (κ3) is 6.97. The number of carbonyl (C=O) groups is 2. The summed E-state index contributed by atoms with van der Waals surface area (Å²) in [5.74, 6) is -1.52. The summed E-state index contributed by atoms with van der Waals surface area (Å²) in [6.45, 7) is 2.97. The normalized spacial score (nSPS) is 11.5. The second-order valence-corrected chi connectivity index (χ2v) is 10.8. The quantitative estimate of drug-likeness (QED) is 0.220. The summed E-state index contributed by atoms with van der Waals surface area (Å²) in [6, 6.07) is 26.8. The maximum atomic E-state index is 13.4. The Balaban J connectivity index is 1.50. The molecule has 0 heterocycles. The second-order valence-electron chi connectivity index (χ2n) is 8.93. The van der Waals surface area contributed by atoms with Gasteiger partial charge in [-0.3, -0.25) is 13.9 Å². The molecule has 0 radical (unpaired) electrons. The number of hydrogen-bond acceptors (Lipinski definition) is 5. The summed E-state index contributed by atoms with van der Waals surface area (Å²) < 4.78 is 41.2. The number of nitrogens with zero attached hydrogens (tertiary/aromatic N) is 2. The monoisotopic (exact) mass is 558 g/mol. The lowest BCUT2D eigenvalue weighted by atomic mass is 10.1. The molecule has 4 rings (SSSR count). The number of hydrazone groups is 1. The standard InChI is InChI=1S/C30H27FN4O4S/c1-21-11-15-27(16-12-21)35(40(38,39)28-17-13-25(31)14-18-28)20-29(36)34-33-22(2)24-9-6-10-26(19-24)32-30(37)23-7-4-3-5-8-23/h3-19H,20H2,1-2H3,(H,32,37)(H,34,36)/b33-22-. The molecule has 0 fully saturated rings.